The first-order valence-corrected chi connectivity index (χ1v) is 5.40. The van der Waals surface area contributed by atoms with Gasteiger partial charge in [0.15, 0.2) is 0 Å². The predicted molar refractivity (Wildman–Crippen MR) is 67.1 cm³/mol. The van der Waals surface area contributed by atoms with Crippen LogP contribution in [0, 0.1) is 0 Å². The van der Waals surface area contributed by atoms with Crippen LogP contribution >= 0.6 is 0 Å². The Balaban J connectivity index is 2.87. The zero-order valence-corrected chi connectivity index (χ0v) is 9.39. The van der Waals surface area contributed by atoms with Crippen LogP contribution in [0.3, 0.4) is 0 Å². The van der Waals surface area contributed by atoms with Crippen molar-refractivity contribution in [2.24, 2.45) is 0 Å². The Morgan fingerprint density at radius 1 is 1.25 bits per heavy atom. The third-order valence-corrected chi connectivity index (χ3v) is 2.15. The van der Waals surface area contributed by atoms with Crippen LogP contribution in [0.5, 0.6) is 0 Å². The van der Waals surface area contributed by atoms with Crippen molar-refractivity contribution in [1.29, 1.82) is 0 Å². The fourth-order valence-electron chi connectivity index (χ4n) is 1.35. The summed E-state index contributed by atoms with van der Waals surface area (Å²) in [5, 5.41) is 8.57. The number of allylic oxidation sites excluding steroid dienone is 1. The van der Waals surface area contributed by atoms with E-state index in [-0.39, 0.29) is 0 Å². The molecule has 84 valence electrons. The quantitative estimate of drug-likeness (QED) is 0.763. The smallest absolute Gasteiger partial charge is 0.328 e. The Labute approximate surface area is 95.9 Å². The summed E-state index contributed by atoms with van der Waals surface area (Å²) in [6.07, 6.45) is 9.07. The minimum absolute atomic E-state index is 0.924. The first kappa shape index (κ1) is 12.2. The molecule has 0 heterocycles. The largest absolute Gasteiger partial charge is 0.478 e. The van der Waals surface area contributed by atoms with Gasteiger partial charge >= 0.3 is 5.97 Å². The first-order chi connectivity index (χ1) is 7.74. The van der Waals surface area contributed by atoms with Crippen LogP contribution in [0.1, 0.15) is 30.9 Å². The fraction of sp³-hybridized carbons (Fsp3) is 0.214. The molecule has 2 heteroatoms. The van der Waals surface area contributed by atoms with Crippen LogP contribution in [0.2, 0.25) is 0 Å². The molecule has 0 aliphatic carbocycles. The van der Waals surface area contributed by atoms with Gasteiger partial charge in [-0.3, -0.25) is 0 Å². The summed E-state index contributed by atoms with van der Waals surface area (Å²) in [5.41, 5.74) is 1.98. The summed E-state index contributed by atoms with van der Waals surface area (Å²) in [4.78, 5) is 10.4. The topological polar surface area (TPSA) is 37.3 Å². The second kappa shape index (κ2) is 6.62. The van der Waals surface area contributed by atoms with E-state index in [1.165, 1.54) is 0 Å². The Morgan fingerprint density at radius 3 is 2.44 bits per heavy atom. The monoisotopic (exact) mass is 216 g/mol. The zero-order valence-electron chi connectivity index (χ0n) is 9.39. The van der Waals surface area contributed by atoms with Crippen molar-refractivity contribution in [3.8, 4) is 0 Å². The van der Waals surface area contributed by atoms with E-state index >= 15 is 0 Å². The van der Waals surface area contributed by atoms with E-state index in [4.69, 9.17) is 5.11 Å². The molecule has 0 spiro atoms. The van der Waals surface area contributed by atoms with Crippen molar-refractivity contribution in [3.05, 3.63) is 47.5 Å². The molecule has 0 aliphatic heterocycles. The number of aliphatic carboxylic acids is 1. The number of carboxylic acids is 1. The van der Waals surface area contributed by atoms with Crippen LogP contribution in [-0.2, 0) is 4.79 Å². The van der Waals surface area contributed by atoms with Crippen LogP contribution in [-0.4, -0.2) is 11.1 Å². The number of hydrogen-bond acceptors (Lipinski definition) is 1. The lowest BCUT2D eigenvalue weighted by Gasteiger charge is -1.99. The third-order valence-electron chi connectivity index (χ3n) is 2.15. The van der Waals surface area contributed by atoms with Gasteiger partial charge in [-0.2, -0.15) is 0 Å². The third kappa shape index (κ3) is 4.13. The van der Waals surface area contributed by atoms with Crippen molar-refractivity contribution in [3.63, 3.8) is 0 Å². The Morgan fingerprint density at radius 2 is 1.88 bits per heavy atom. The standard InChI is InChI=1S/C14H16O2/c1-2-3-4-7-12-8-5-6-9-13(12)10-11-14(15)16/h4-11H,2-3H2,1H3,(H,15,16). The summed E-state index contributed by atoms with van der Waals surface area (Å²) < 4.78 is 0. The van der Waals surface area contributed by atoms with Crippen LogP contribution in [0.4, 0.5) is 0 Å². The molecular formula is C14H16O2. The molecule has 0 saturated heterocycles. The van der Waals surface area contributed by atoms with Gasteiger partial charge in [-0.15, -0.1) is 0 Å². The zero-order chi connectivity index (χ0) is 11.8. The molecule has 0 aliphatic rings. The molecule has 0 bridgehead atoms. The Kier molecular flexibility index (Phi) is 5.06. The van der Waals surface area contributed by atoms with Gasteiger partial charge in [-0.05, 0) is 23.6 Å². The summed E-state index contributed by atoms with van der Waals surface area (Å²) in [6, 6.07) is 7.74. The molecule has 1 N–H and O–H groups in total. The molecule has 0 radical (unpaired) electrons. The summed E-state index contributed by atoms with van der Waals surface area (Å²) in [5.74, 6) is -0.924. The molecule has 0 fully saturated rings. The predicted octanol–water partition coefficient (Wildman–Crippen LogP) is 3.60. The molecule has 0 aromatic heterocycles. The Bertz CT molecular complexity index is 403. The maximum atomic E-state index is 10.4. The van der Waals surface area contributed by atoms with Crippen molar-refractivity contribution >= 4 is 18.1 Å². The van der Waals surface area contributed by atoms with Crippen molar-refractivity contribution in [2.75, 3.05) is 0 Å². The van der Waals surface area contributed by atoms with E-state index in [1.807, 2.05) is 30.3 Å². The van der Waals surface area contributed by atoms with E-state index < -0.39 is 5.97 Å². The summed E-state index contributed by atoms with van der Waals surface area (Å²) in [6.45, 7) is 2.13. The lowest BCUT2D eigenvalue weighted by atomic mass is 10.1. The highest BCUT2D eigenvalue weighted by Crippen LogP contribution is 2.13. The summed E-state index contributed by atoms with van der Waals surface area (Å²) >= 11 is 0. The van der Waals surface area contributed by atoms with Crippen molar-refractivity contribution in [1.82, 2.24) is 0 Å². The van der Waals surface area contributed by atoms with Crippen molar-refractivity contribution in [2.45, 2.75) is 19.8 Å². The highest BCUT2D eigenvalue weighted by atomic mass is 16.4. The van der Waals surface area contributed by atoms with Gasteiger partial charge in [0.25, 0.3) is 0 Å². The first-order valence-electron chi connectivity index (χ1n) is 5.40. The maximum absolute atomic E-state index is 10.4. The van der Waals surface area contributed by atoms with E-state index in [2.05, 4.69) is 13.0 Å². The van der Waals surface area contributed by atoms with Gasteiger partial charge < -0.3 is 5.11 Å². The number of carboxylic acid groups (broad SMARTS) is 1. The number of rotatable bonds is 5. The van der Waals surface area contributed by atoms with Crippen LogP contribution < -0.4 is 0 Å². The van der Waals surface area contributed by atoms with Gasteiger partial charge in [0.05, 0.1) is 0 Å². The second-order valence-corrected chi connectivity index (χ2v) is 3.49. The lowest BCUT2D eigenvalue weighted by molar-refractivity contribution is -0.131. The SMILES string of the molecule is CCCC=Cc1ccccc1C=CC(=O)O. The average molecular weight is 216 g/mol. The van der Waals surface area contributed by atoms with Crippen LogP contribution in [0.25, 0.3) is 12.2 Å². The molecule has 1 aromatic rings. The molecule has 16 heavy (non-hydrogen) atoms. The molecule has 0 amide bonds. The highest BCUT2D eigenvalue weighted by molar-refractivity contribution is 5.86. The number of benzene rings is 1. The van der Waals surface area contributed by atoms with Gasteiger partial charge in [-0.1, -0.05) is 49.8 Å². The number of unbranched alkanes of at least 4 members (excludes halogenated alkanes) is 1. The molecule has 0 atom stereocenters. The molecule has 1 rings (SSSR count). The van der Waals surface area contributed by atoms with E-state index in [0.29, 0.717) is 0 Å². The Hall–Kier alpha value is -1.83. The summed E-state index contributed by atoms with van der Waals surface area (Å²) in [7, 11) is 0. The minimum Gasteiger partial charge on any atom is -0.478 e. The highest BCUT2D eigenvalue weighted by Gasteiger charge is 1.94. The van der Waals surface area contributed by atoms with Gasteiger partial charge in [0.1, 0.15) is 0 Å². The fourth-order valence-corrected chi connectivity index (χ4v) is 1.35. The number of hydrogen-bond donors (Lipinski definition) is 1. The normalized spacial score (nSPS) is 11.3. The molecule has 2 nitrogen and oxygen atoms in total. The van der Waals surface area contributed by atoms with E-state index in [1.54, 1.807) is 6.08 Å². The van der Waals surface area contributed by atoms with E-state index in [0.717, 1.165) is 30.0 Å². The molecule has 1 aromatic carbocycles. The molecule has 0 saturated carbocycles. The molecular weight excluding hydrogens is 200 g/mol. The second-order valence-electron chi connectivity index (χ2n) is 3.49. The van der Waals surface area contributed by atoms with Gasteiger partial charge in [-0.25, -0.2) is 4.79 Å². The molecule has 0 unspecified atom stereocenters. The van der Waals surface area contributed by atoms with Crippen LogP contribution in [0.15, 0.2) is 36.4 Å². The minimum atomic E-state index is -0.924. The van der Waals surface area contributed by atoms with Gasteiger partial charge in [0, 0.05) is 6.08 Å². The lowest BCUT2D eigenvalue weighted by Crippen LogP contribution is -1.87. The van der Waals surface area contributed by atoms with Gasteiger partial charge in [0.2, 0.25) is 0 Å². The maximum Gasteiger partial charge on any atom is 0.328 e. The van der Waals surface area contributed by atoms with Crippen molar-refractivity contribution < 1.29 is 9.90 Å². The average Bonchev–Trinajstić information content (AvgIpc) is 2.28. The number of carbonyl (C=O) groups is 1. The van der Waals surface area contributed by atoms with E-state index in [9.17, 15) is 4.79 Å².